The van der Waals surface area contributed by atoms with Gasteiger partial charge in [0.15, 0.2) is 9.84 Å². The lowest BCUT2D eigenvalue weighted by molar-refractivity contribution is -0.137. The Kier molecular flexibility index (Phi) is 9.30. The van der Waals surface area contributed by atoms with Crippen LogP contribution in [0.4, 0.5) is 18.9 Å². The van der Waals surface area contributed by atoms with E-state index in [0.29, 0.717) is 18.5 Å². The van der Waals surface area contributed by atoms with Crippen molar-refractivity contribution in [3.8, 4) is 0 Å². The molecule has 3 aromatic rings. The van der Waals surface area contributed by atoms with Crippen molar-refractivity contribution < 1.29 is 31.2 Å². The lowest BCUT2D eigenvalue weighted by atomic mass is 9.94. The molecule has 1 fully saturated rings. The van der Waals surface area contributed by atoms with Crippen molar-refractivity contribution in [1.29, 1.82) is 0 Å². The Morgan fingerprint density at radius 2 is 1.57 bits per heavy atom. The highest BCUT2D eigenvalue weighted by Crippen LogP contribution is 2.38. The number of hydrogen-bond acceptors (Lipinski definition) is 5. The van der Waals surface area contributed by atoms with Crippen LogP contribution in [0.3, 0.4) is 0 Å². The van der Waals surface area contributed by atoms with Gasteiger partial charge in [0.2, 0.25) is 5.91 Å². The quantitative estimate of drug-likeness (QED) is 0.361. The normalized spacial score (nSPS) is 17.2. The number of carbonyl (C=O) groups is 2. The van der Waals surface area contributed by atoms with Gasteiger partial charge in [0, 0.05) is 56.8 Å². The van der Waals surface area contributed by atoms with Gasteiger partial charge in [0.05, 0.1) is 16.2 Å². The molecule has 1 heterocycles. The van der Waals surface area contributed by atoms with Crippen molar-refractivity contribution in [3.63, 3.8) is 0 Å². The van der Waals surface area contributed by atoms with Gasteiger partial charge < -0.3 is 15.1 Å². The number of carbonyl (C=O) groups excluding carboxylic acids is 2. The Bertz CT molecular complexity index is 1500. The molecule has 4 rings (SSSR count). The highest BCUT2D eigenvalue weighted by Gasteiger charge is 2.36. The number of nitrogens with one attached hydrogen (secondary N) is 1. The summed E-state index contributed by atoms with van der Waals surface area (Å²) in [6, 6.07) is 18.4. The number of benzene rings is 3. The minimum atomic E-state index is -4.41. The van der Waals surface area contributed by atoms with Gasteiger partial charge in [0.25, 0.3) is 5.91 Å². The first-order valence-corrected chi connectivity index (χ1v) is 15.3. The van der Waals surface area contributed by atoms with E-state index in [9.17, 15) is 31.2 Å². The third-order valence-electron chi connectivity index (χ3n) is 7.61. The Morgan fingerprint density at radius 1 is 0.952 bits per heavy atom. The van der Waals surface area contributed by atoms with Crippen LogP contribution in [0.2, 0.25) is 0 Å². The molecule has 3 aromatic carbocycles. The minimum absolute atomic E-state index is 0.0128. The van der Waals surface area contributed by atoms with Gasteiger partial charge >= 0.3 is 6.18 Å². The third-order valence-corrected chi connectivity index (χ3v) is 9.36. The second kappa shape index (κ2) is 12.6. The van der Waals surface area contributed by atoms with Crippen LogP contribution < -0.4 is 10.2 Å². The second-order valence-electron chi connectivity index (χ2n) is 10.6. The fourth-order valence-corrected chi connectivity index (χ4v) is 5.95. The molecular formula is C31H34F3N3O4S. The first-order valence-electron chi connectivity index (χ1n) is 13.6. The second-order valence-corrected chi connectivity index (χ2v) is 12.9. The Hall–Kier alpha value is -3.86. The molecule has 1 saturated heterocycles. The molecule has 0 aromatic heterocycles. The van der Waals surface area contributed by atoms with Gasteiger partial charge in [-0.2, -0.15) is 13.2 Å². The zero-order valence-electron chi connectivity index (χ0n) is 23.7. The monoisotopic (exact) mass is 601 g/mol. The van der Waals surface area contributed by atoms with Crippen LogP contribution in [-0.2, 0) is 27.4 Å². The molecule has 1 aliphatic rings. The van der Waals surface area contributed by atoms with Crippen LogP contribution in [0.15, 0.2) is 77.7 Å². The zero-order chi connectivity index (χ0) is 30.7. The smallest absolute Gasteiger partial charge is 0.367 e. The van der Waals surface area contributed by atoms with Crippen molar-refractivity contribution in [3.05, 3.63) is 95.1 Å². The number of alkyl halides is 3. The van der Waals surface area contributed by atoms with E-state index >= 15 is 0 Å². The summed E-state index contributed by atoms with van der Waals surface area (Å²) in [6.45, 7) is 2.33. The molecule has 2 amide bonds. The molecule has 0 aliphatic carbocycles. The van der Waals surface area contributed by atoms with Crippen LogP contribution in [-0.4, -0.2) is 57.6 Å². The van der Waals surface area contributed by atoms with Gasteiger partial charge in [-0.05, 0) is 66.1 Å². The van der Waals surface area contributed by atoms with Crippen LogP contribution >= 0.6 is 0 Å². The molecular weight excluding hydrogens is 567 g/mol. The van der Waals surface area contributed by atoms with Crippen molar-refractivity contribution in [2.75, 3.05) is 31.3 Å². The molecule has 42 heavy (non-hydrogen) atoms. The Morgan fingerprint density at radius 3 is 2.12 bits per heavy atom. The van der Waals surface area contributed by atoms with Crippen LogP contribution in [0.25, 0.3) is 0 Å². The van der Waals surface area contributed by atoms with Crippen molar-refractivity contribution in [1.82, 2.24) is 10.2 Å². The van der Waals surface area contributed by atoms with Gasteiger partial charge in [-0.3, -0.25) is 9.59 Å². The van der Waals surface area contributed by atoms with E-state index in [2.05, 4.69) is 10.2 Å². The maximum atomic E-state index is 13.1. The first-order chi connectivity index (χ1) is 19.8. The predicted molar refractivity (Wildman–Crippen MR) is 155 cm³/mol. The fourth-order valence-electron chi connectivity index (χ4n) is 5.07. The summed E-state index contributed by atoms with van der Waals surface area (Å²) in [5, 5.41) is 2.84. The number of sulfone groups is 1. The van der Waals surface area contributed by atoms with Gasteiger partial charge in [-0.15, -0.1) is 0 Å². The SMILES string of the molecule is CCS(=O)(=O)c1ccc(CNC(=O)c2ccc(N3CC(c4ccc(C(F)(F)F)cc4)C[C@H]3CC(=O)N(C)C)cc2)cc1. The fraction of sp³-hybridized carbons (Fsp3) is 0.355. The summed E-state index contributed by atoms with van der Waals surface area (Å²) in [5.74, 6) is -0.391. The summed E-state index contributed by atoms with van der Waals surface area (Å²) in [7, 11) is 0.0733. The topological polar surface area (TPSA) is 86.8 Å². The third kappa shape index (κ3) is 7.31. The first kappa shape index (κ1) is 31.1. The molecule has 11 heteroatoms. The van der Waals surface area contributed by atoms with E-state index in [1.54, 1.807) is 45.3 Å². The molecule has 2 atom stereocenters. The molecule has 1 aliphatic heterocycles. The largest absolute Gasteiger partial charge is 0.416 e. The molecule has 1 N–H and O–H groups in total. The number of hydrogen-bond donors (Lipinski definition) is 1. The molecule has 7 nitrogen and oxygen atoms in total. The van der Waals surface area contributed by atoms with Crippen LogP contribution in [0, 0.1) is 0 Å². The van der Waals surface area contributed by atoms with E-state index in [-0.39, 0.29) is 47.4 Å². The summed E-state index contributed by atoms with van der Waals surface area (Å²) in [6.07, 6.45) is -3.55. The summed E-state index contributed by atoms with van der Waals surface area (Å²) >= 11 is 0. The molecule has 0 radical (unpaired) electrons. The Balaban J connectivity index is 1.45. The maximum absolute atomic E-state index is 13.1. The number of rotatable bonds is 9. The average Bonchev–Trinajstić information content (AvgIpc) is 3.39. The number of anilines is 1. The average molecular weight is 602 g/mol. The van der Waals surface area contributed by atoms with Crippen molar-refractivity contribution in [2.45, 2.75) is 49.3 Å². The van der Waals surface area contributed by atoms with Crippen LogP contribution in [0.5, 0.6) is 0 Å². The highest BCUT2D eigenvalue weighted by atomic mass is 32.2. The maximum Gasteiger partial charge on any atom is 0.416 e. The van der Waals surface area contributed by atoms with E-state index in [0.717, 1.165) is 28.9 Å². The number of nitrogens with zero attached hydrogens (tertiary/aromatic N) is 2. The minimum Gasteiger partial charge on any atom is -0.367 e. The van der Waals surface area contributed by atoms with E-state index in [1.165, 1.54) is 29.2 Å². The van der Waals surface area contributed by atoms with Crippen LogP contribution in [0.1, 0.15) is 52.7 Å². The van der Waals surface area contributed by atoms with Gasteiger partial charge in [-0.1, -0.05) is 31.2 Å². The molecule has 0 saturated carbocycles. The number of amides is 2. The lowest BCUT2D eigenvalue weighted by Gasteiger charge is -2.27. The lowest BCUT2D eigenvalue weighted by Crippen LogP contribution is -2.35. The summed E-state index contributed by atoms with van der Waals surface area (Å²) in [5.41, 5.74) is 2.09. The predicted octanol–water partition coefficient (Wildman–Crippen LogP) is 5.27. The summed E-state index contributed by atoms with van der Waals surface area (Å²) in [4.78, 5) is 29.2. The van der Waals surface area contributed by atoms with Crippen molar-refractivity contribution >= 4 is 27.3 Å². The Labute approximate surface area is 244 Å². The van der Waals surface area contributed by atoms with E-state index in [1.807, 2.05) is 12.1 Å². The van der Waals surface area contributed by atoms with Gasteiger partial charge in [0.1, 0.15) is 0 Å². The standard InChI is InChI=1S/C31H34F3N3O4S/c1-4-42(40,41)28-15-5-21(6-16-28)19-35-30(39)23-9-13-26(14-10-23)37-20-24(17-27(37)18-29(38)36(2)3)22-7-11-25(12-8-22)31(32,33)34/h5-16,24,27H,4,17-20H2,1-3H3,(H,35,39)/t24?,27-/m0/s1. The molecule has 0 bridgehead atoms. The zero-order valence-corrected chi connectivity index (χ0v) is 24.5. The van der Waals surface area contributed by atoms with E-state index in [4.69, 9.17) is 0 Å². The van der Waals surface area contributed by atoms with Crippen molar-refractivity contribution in [2.24, 2.45) is 0 Å². The summed E-state index contributed by atoms with van der Waals surface area (Å²) < 4.78 is 63.1. The van der Waals surface area contributed by atoms with E-state index < -0.39 is 21.6 Å². The molecule has 0 spiro atoms. The molecule has 224 valence electrons. The molecule has 1 unspecified atom stereocenters. The number of halogens is 3. The highest BCUT2D eigenvalue weighted by molar-refractivity contribution is 7.91. The van der Waals surface area contributed by atoms with Gasteiger partial charge in [-0.25, -0.2) is 8.42 Å².